The third kappa shape index (κ3) is 4.63. The Bertz CT molecular complexity index is 771. The van der Waals surface area contributed by atoms with Gasteiger partial charge in [0.15, 0.2) is 0 Å². The molecule has 3 rings (SSSR count). The molecule has 1 aromatic carbocycles. The van der Waals surface area contributed by atoms with E-state index in [-0.39, 0.29) is 31.2 Å². The van der Waals surface area contributed by atoms with E-state index in [9.17, 15) is 18.4 Å². The van der Waals surface area contributed by atoms with E-state index >= 15 is 0 Å². The fourth-order valence-electron chi connectivity index (χ4n) is 2.84. The van der Waals surface area contributed by atoms with Gasteiger partial charge in [0.05, 0.1) is 0 Å². The molecule has 25 heavy (non-hydrogen) atoms. The fourth-order valence-corrected chi connectivity index (χ4v) is 3.73. The molecular formula is C18H18F2N2O2S. The third-order valence-electron chi connectivity index (χ3n) is 4.14. The molecule has 132 valence electrons. The van der Waals surface area contributed by atoms with Crippen molar-refractivity contribution in [3.63, 3.8) is 0 Å². The Kier molecular flexibility index (Phi) is 5.43. The van der Waals surface area contributed by atoms with Crippen LogP contribution in [0.15, 0.2) is 29.6 Å². The minimum atomic E-state index is -0.683. The van der Waals surface area contributed by atoms with Crippen LogP contribution in [-0.2, 0) is 29.1 Å². The van der Waals surface area contributed by atoms with E-state index in [2.05, 4.69) is 5.32 Å². The van der Waals surface area contributed by atoms with Crippen molar-refractivity contribution >= 4 is 23.2 Å². The SMILES string of the molecule is O=C(CCC(=O)N1CCc2sccc2C1)NCc1cc(F)cc(F)c1. The number of benzene rings is 1. The Labute approximate surface area is 148 Å². The van der Waals surface area contributed by atoms with Crippen molar-refractivity contribution in [2.45, 2.75) is 32.4 Å². The van der Waals surface area contributed by atoms with E-state index in [1.54, 1.807) is 16.2 Å². The highest BCUT2D eigenvalue weighted by molar-refractivity contribution is 7.10. The lowest BCUT2D eigenvalue weighted by molar-refractivity contribution is -0.134. The van der Waals surface area contributed by atoms with Gasteiger partial charge in [0.1, 0.15) is 11.6 Å². The first-order chi connectivity index (χ1) is 12.0. The number of nitrogens with one attached hydrogen (secondary N) is 1. The van der Waals surface area contributed by atoms with Crippen LogP contribution in [0.4, 0.5) is 8.78 Å². The Morgan fingerprint density at radius 3 is 2.68 bits per heavy atom. The van der Waals surface area contributed by atoms with Gasteiger partial charge in [0, 0.05) is 43.4 Å². The fraction of sp³-hybridized carbons (Fsp3) is 0.333. The molecule has 4 nitrogen and oxygen atoms in total. The lowest BCUT2D eigenvalue weighted by Gasteiger charge is -2.27. The molecule has 1 N–H and O–H groups in total. The molecule has 0 unspecified atom stereocenters. The van der Waals surface area contributed by atoms with Crippen LogP contribution in [0.25, 0.3) is 0 Å². The monoisotopic (exact) mass is 364 g/mol. The number of fused-ring (bicyclic) bond motifs is 1. The predicted molar refractivity (Wildman–Crippen MR) is 90.9 cm³/mol. The smallest absolute Gasteiger partial charge is 0.223 e. The van der Waals surface area contributed by atoms with Crippen molar-refractivity contribution in [2.24, 2.45) is 0 Å². The number of carbonyl (C=O) groups is 2. The molecule has 1 aliphatic rings. The lowest BCUT2D eigenvalue weighted by atomic mass is 10.1. The summed E-state index contributed by atoms with van der Waals surface area (Å²) in [6, 6.07) is 5.15. The summed E-state index contributed by atoms with van der Waals surface area (Å²) >= 11 is 1.71. The summed E-state index contributed by atoms with van der Waals surface area (Å²) in [5.41, 5.74) is 1.53. The van der Waals surface area contributed by atoms with Crippen LogP contribution in [0.5, 0.6) is 0 Å². The predicted octanol–water partition coefficient (Wildman–Crippen LogP) is 3.01. The molecule has 0 spiro atoms. The average Bonchev–Trinajstić information content (AvgIpc) is 3.04. The van der Waals surface area contributed by atoms with Gasteiger partial charge in [-0.25, -0.2) is 8.78 Å². The van der Waals surface area contributed by atoms with Gasteiger partial charge in [0.25, 0.3) is 0 Å². The van der Waals surface area contributed by atoms with Gasteiger partial charge >= 0.3 is 0 Å². The van der Waals surface area contributed by atoms with Crippen LogP contribution in [0.2, 0.25) is 0 Å². The number of hydrogen-bond donors (Lipinski definition) is 1. The molecule has 2 aromatic rings. The first kappa shape index (κ1) is 17.5. The van der Waals surface area contributed by atoms with Gasteiger partial charge in [-0.05, 0) is 41.1 Å². The standard InChI is InChI=1S/C18H18F2N2O2S/c19-14-7-12(8-15(20)9-14)10-21-17(23)1-2-18(24)22-5-3-16-13(11-22)4-6-25-16/h4,6-9H,1-3,5,10-11H2,(H,21,23). The Morgan fingerprint density at radius 2 is 1.92 bits per heavy atom. The van der Waals surface area contributed by atoms with Gasteiger partial charge in [-0.15, -0.1) is 11.3 Å². The summed E-state index contributed by atoms with van der Waals surface area (Å²) in [6.45, 7) is 1.31. The quantitative estimate of drug-likeness (QED) is 0.887. The second kappa shape index (κ2) is 7.74. The van der Waals surface area contributed by atoms with E-state index < -0.39 is 11.6 Å². The maximum Gasteiger partial charge on any atom is 0.223 e. The Morgan fingerprint density at radius 1 is 1.16 bits per heavy atom. The molecule has 7 heteroatoms. The van der Waals surface area contributed by atoms with Crippen LogP contribution in [0.1, 0.15) is 28.8 Å². The Hall–Kier alpha value is -2.28. The summed E-state index contributed by atoms with van der Waals surface area (Å²) in [5.74, 6) is -1.73. The number of rotatable bonds is 5. The summed E-state index contributed by atoms with van der Waals surface area (Å²) in [5, 5.41) is 4.61. The molecule has 0 bridgehead atoms. The number of thiophene rings is 1. The summed E-state index contributed by atoms with van der Waals surface area (Å²) < 4.78 is 26.2. The van der Waals surface area contributed by atoms with Crippen molar-refractivity contribution in [1.29, 1.82) is 0 Å². The zero-order chi connectivity index (χ0) is 17.8. The number of carbonyl (C=O) groups excluding carboxylic acids is 2. The summed E-state index contributed by atoms with van der Waals surface area (Å²) in [4.78, 5) is 27.2. The van der Waals surface area contributed by atoms with Crippen LogP contribution in [0, 0.1) is 11.6 Å². The maximum atomic E-state index is 13.1. The zero-order valence-electron chi connectivity index (χ0n) is 13.6. The zero-order valence-corrected chi connectivity index (χ0v) is 14.4. The van der Waals surface area contributed by atoms with Gasteiger partial charge in [-0.1, -0.05) is 0 Å². The van der Waals surface area contributed by atoms with Gasteiger partial charge in [-0.2, -0.15) is 0 Å². The molecule has 1 aromatic heterocycles. The van der Waals surface area contributed by atoms with Crippen molar-refractivity contribution < 1.29 is 18.4 Å². The topological polar surface area (TPSA) is 49.4 Å². The molecule has 1 aliphatic heterocycles. The molecule has 0 aliphatic carbocycles. The maximum absolute atomic E-state index is 13.1. The first-order valence-electron chi connectivity index (χ1n) is 8.06. The number of halogens is 2. The molecule has 2 heterocycles. The van der Waals surface area contributed by atoms with Crippen molar-refractivity contribution in [1.82, 2.24) is 10.2 Å². The molecular weight excluding hydrogens is 346 g/mol. The Balaban J connectivity index is 1.43. The minimum absolute atomic E-state index is 0.0314. The van der Waals surface area contributed by atoms with Crippen LogP contribution in [-0.4, -0.2) is 23.3 Å². The molecule has 2 amide bonds. The van der Waals surface area contributed by atoms with E-state index in [1.165, 1.54) is 22.6 Å². The van der Waals surface area contributed by atoms with Gasteiger partial charge in [-0.3, -0.25) is 9.59 Å². The molecule has 0 atom stereocenters. The molecule has 0 fully saturated rings. The summed E-state index contributed by atoms with van der Waals surface area (Å²) in [7, 11) is 0. The third-order valence-corrected chi connectivity index (χ3v) is 5.16. The van der Waals surface area contributed by atoms with Crippen molar-refractivity contribution in [3.05, 3.63) is 57.3 Å². The number of hydrogen-bond acceptors (Lipinski definition) is 3. The number of nitrogens with zero attached hydrogens (tertiary/aromatic N) is 1. The molecule has 0 saturated heterocycles. The highest BCUT2D eigenvalue weighted by Gasteiger charge is 2.21. The highest BCUT2D eigenvalue weighted by Crippen LogP contribution is 2.24. The lowest BCUT2D eigenvalue weighted by Crippen LogP contribution is -2.36. The van der Waals surface area contributed by atoms with Gasteiger partial charge in [0.2, 0.25) is 11.8 Å². The highest BCUT2D eigenvalue weighted by atomic mass is 32.1. The largest absolute Gasteiger partial charge is 0.352 e. The van der Waals surface area contributed by atoms with Crippen LogP contribution < -0.4 is 5.32 Å². The van der Waals surface area contributed by atoms with Crippen LogP contribution >= 0.6 is 11.3 Å². The van der Waals surface area contributed by atoms with E-state index in [0.717, 1.165) is 12.5 Å². The minimum Gasteiger partial charge on any atom is -0.352 e. The van der Waals surface area contributed by atoms with Crippen molar-refractivity contribution in [3.8, 4) is 0 Å². The van der Waals surface area contributed by atoms with Gasteiger partial charge < -0.3 is 10.2 Å². The first-order valence-corrected chi connectivity index (χ1v) is 8.94. The van der Waals surface area contributed by atoms with Crippen LogP contribution in [0.3, 0.4) is 0 Å². The second-order valence-electron chi connectivity index (χ2n) is 5.99. The second-order valence-corrected chi connectivity index (χ2v) is 6.99. The van der Waals surface area contributed by atoms with E-state index in [4.69, 9.17) is 0 Å². The molecule has 0 saturated carbocycles. The number of amides is 2. The van der Waals surface area contributed by atoms with Crippen molar-refractivity contribution in [2.75, 3.05) is 6.54 Å². The van der Waals surface area contributed by atoms with E-state index in [1.807, 2.05) is 11.4 Å². The summed E-state index contributed by atoms with van der Waals surface area (Å²) in [6.07, 6.45) is 1.04. The normalized spacial score (nSPS) is 13.4. The average molecular weight is 364 g/mol. The molecule has 0 radical (unpaired) electrons. The van der Waals surface area contributed by atoms with E-state index in [0.29, 0.717) is 18.7 Å².